The van der Waals surface area contributed by atoms with Crippen LogP contribution in [0.2, 0.25) is 0 Å². The van der Waals surface area contributed by atoms with Crippen LogP contribution < -0.4 is 16.0 Å². The predicted octanol–water partition coefficient (Wildman–Crippen LogP) is 3.97. The van der Waals surface area contributed by atoms with E-state index in [1.165, 1.54) is 6.07 Å². The number of nitrogens with one attached hydrogen (secondary N) is 3. The molecule has 8 heteroatoms. The molecule has 0 aliphatic rings. The highest BCUT2D eigenvalue weighted by molar-refractivity contribution is 9.10. The highest BCUT2D eigenvalue weighted by atomic mass is 79.9. The molecule has 3 amide bonds. The van der Waals surface area contributed by atoms with Crippen molar-refractivity contribution < 1.29 is 18.8 Å². The number of rotatable bonds is 6. The number of hydrogen-bond donors (Lipinski definition) is 3. The van der Waals surface area contributed by atoms with Crippen LogP contribution in [0.4, 0.5) is 11.4 Å². The standard InChI is InChI=1S/C21H18BrN3O4/c1-13-15(20(27)24-14-6-3-2-4-7-14)8-5-9-16(13)25-19(26)12-23-21(28)17-10-11-18(22)29-17/h2-11H,12H2,1H3,(H,23,28)(H,24,27)(H,25,26). The Morgan fingerprint density at radius 3 is 2.34 bits per heavy atom. The summed E-state index contributed by atoms with van der Waals surface area (Å²) in [4.78, 5) is 36.7. The van der Waals surface area contributed by atoms with E-state index in [4.69, 9.17) is 4.42 Å². The first-order valence-corrected chi connectivity index (χ1v) is 9.53. The second kappa shape index (κ2) is 9.20. The minimum Gasteiger partial charge on any atom is -0.444 e. The summed E-state index contributed by atoms with van der Waals surface area (Å²) in [5.41, 5.74) is 2.23. The zero-order chi connectivity index (χ0) is 20.8. The van der Waals surface area contributed by atoms with Gasteiger partial charge in [-0.05, 0) is 64.8 Å². The Labute approximate surface area is 175 Å². The quantitative estimate of drug-likeness (QED) is 0.523. The molecule has 7 nitrogen and oxygen atoms in total. The third-order valence-corrected chi connectivity index (χ3v) is 4.52. The molecule has 0 bridgehead atoms. The van der Waals surface area contributed by atoms with Crippen molar-refractivity contribution in [2.75, 3.05) is 17.2 Å². The number of carbonyl (C=O) groups excluding carboxylic acids is 3. The molecule has 29 heavy (non-hydrogen) atoms. The van der Waals surface area contributed by atoms with Gasteiger partial charge < -0.3 is 20.4 Å². The number of para-hydroxylation sites is 1. The Morgan fingerprint density at radius 2 is 1.66 bits per heavy atom. The summed E-state index contributed by atoms with van der Waals surface area (Å²) in [6, 6.07) is 17.2. The van der Waals surface area contributed by atoms with Gasteiger partial charge in [0.1, 0.15) is 0 Å². The fourth-order valence-corrected chi connectivity index (χ4v) is 2.92. The van der Waals surface area contributed by atoms with Gasteiger partial charge >= 0.3 is 0 Å². The number of carbonyl (C=O) groups is 3. The van der Waals surface area contributed by atoms with Crippen molar-refractivity contribution in [2.24, 2.45) is 0 Å². The maximum absolute atomic E-state index is 12.6. The molecule has 0 radical (unpaired) electrons. The molecule has 148 valence electrons. The van der Waals surface area contributed by atoms with E-state index in [0.717, 1.165) is 0 Å². The van der Waals surface area contributed by atoms with Gasteiger partial charge in [-0.1, -0.05) is 24.3 Å². The second-order valence-electron chi connectivity index (χ2n) is 6.13. The van der Waals surface area contributed by atoms with Crippen molar-refractivity contribution in [3.8, 4) is 0 Å². The Morgan fingerprint density at radius 1 is 0.897 bits per heavy atom. The van der Waals surface area contributed by atoms with E-state index in [1.54, 1.807) is 43.3 Å². The van der Waals surface area contributed by atoms with Crippen LogP contribution in [-0.4, -0.2) is 24.3 Å². The van der Waals surface area contributed by atoms with Gasteiger partial charge in [0.25, 0.3) is 11.8 Å². The van der Waals surface area contributed by atoms with Crippen molar-refractivity contribution in [1.82, 2.24) is 5.32 Å². The first kappa shape index (κ1) is 20.3. The molecule has 0 saturated carbocycles. The van der Waals surface area contributed by atoms with E-state index < -0.39 is 11.8 Å². The van der Waals surface area contributed by atoms with Gasteiger partial charge in [0.05, 0.1) is 6.54 Å². The Kier molecular flexibility index (Phi) is 6.46. The molecular weight excluding hydrogens is 438 g/mol. The molecule has 2 aromatic carbocycles. The van der Waals surface area contributed by atoms with Gasteiger partial charge in [0.15, 0.2) is 10.4 Å². The fourth-order valence-electron chi connectivity index (χ4n) is 2.62. The smallest absolute Gasteiger partial charge is 0.287 e. The zero-order valence-electron chi connectivity index (χ0n) is 15.5. The molecule has 0 aliphatic carbocycles. The topological polar surface area (TPSA) is 100 Å². The van der Waals surface area contributed by atoms with Crippen LogP contribution in [0.15, 0.2) is 69.8 Å². The van der Waals surface area contributed by atoms with Crippen molar-refractivity contribution in [2.45, 2.75) is 6.92 Å². The van der Waals surface area contributed by atoms with E-state index in [9.17, 15) is 14.4 Å². The second-order valence-corrected chi connectivity index (χ2v) is 6.91. The highest BCUT2D eigenvalue weighted by Gasteiger charge is 2.15. The lowest BCUT2D eigenvalue weighted by Crippen LogP contribution is -2.32. The Hall–Kier alpha value is -3.39. The maximum atomic E-state index is 12.6. The molecule has 1 heterocycles. The Bertz CT molecular complexity index is 1050. The summed E-state index contributed by atoms with van der Waals surface area (Å²) in [6.07, 6.45) is 0. The van der Waals surface area contributed by atoms with Crippen LogP contribution in [0.5, 0.6) is 0 Å². The number of benzene rings is 2. The SMILES string of the molecule is Cc1c(NC(=O)CNC(=O)c2ccc(Br)o2)cccc1C(=O)Nc1ccccc1. The normalized spacial score (nSPS) is 10.3. The van der Waals surface area contributed by atoms with Crippen LogP contribution >= 0.6 is 15.9 Å². The van der Waals surface area contributed by atoms with E-state index in [2.05, 4.69) is 31.9 Å². The highest BCUT2D eigenvalue weighted by Crippen LogP contribution is 2.20. The zero-order valence-corrected chi connectivity index (χ0v) is 17.1. The largest absolute Gasteiger partial charge is 0.444 e. The summed E-state index contributed by atoms with van der Waals surface area (Å²) >= 11 is 3.11. The third-order valence-electron chi connectivity index (χ3n) is 4.09. The number of furan rings is 1. The molecule has 0 atom stereocenters. The number of anilines is 2. The first-order valence-electron chi connectivity index (χ1n) is 8.73. The summed E-state index contributed by atoms with van der Waals surface area (Å²) < 4.78 is 5.56. The third kappa shape index (κ3) is 5.32. The first-order chi connectivity index (χ1) is 13.9. The lowest BCUT2D eigenvalue weighted by Gasteiger charge is -2.13. The molecule has 0 unspecified atom stereocenters. The lowest BCUT2D eigenvalue weighted by atomic mass is 10.1. The van der Waals surface area contributed by atoms with Gasteiger partial charge in [-0.3, -0.25) is 14.4 Å². The summed E-state index contributed by atoms with van der Waals surface area (Å²) in [5.74, 6) is -1.10. The number of amides is 3. The lowest BCUT2D eigenvalue weighted by molar-refractivity contribution is -0.115. The van der Waals surface area contributed by atoms with E-state index in [1.807, 2.05) is 18.2 Å². The van der Waals surface area contributed by atoms with E-state index in [-0.39, 0.29) is 18.2 Å². The maximum Gasteiger partial charge on any atom is 0.287 e. The monoisotopic (exact) mass is 455 g/mol. The molecule has 3 aromatic rings. The van der Waals surface area contributed by atoms with Gasteiger partial charge in [-0.2, -0.15) is 0 Å². The van der Waals surface area contributed by atoms with Crippen molar-refractivity contribution >= 4 is 45.0 Å². The van der Waals surface area contributed by atoms with Crippen molar-refractivity contribution in [1.29, 1.82) is 0 Å². The molecule has 3 rings (SSSR count). The minimum atomic E-state index is -0.501. The summed E-state index contributed by atoms with van der Waals surface area (Å²) in [6.45, 7) is 1.51. The van der Waals surface area contributed by atoms with Crippen molar-refractivity contribution in [3.63, 3.8) is 0 Å². The average molecular weight is 456 g/mol. The van der Waals surface area contributed by atoms with Crippen molar-refractivity contribution in [3.05, 3.63) is 82.2 Å². The van der Waals surface area contributed by atoms with E-state index in [0.29, 0.717) is 27.2 Å². The molecular formula is C21H18BrN3O4. The van der Waals surface area contributed by atoms with Crippen LogP contribution in [0, 0.1) is 6.92 Å². The molecule has 1 aromatic heterocycles. The van der Waals surface area contributed by atoms with Gasteiger partial charge in [0.2, 0.25) is 5.91 Å². The molecule has 0 fully saturated rings. The Balaban J connectivity index is 1.62. The molecule has 0 spiro atoms. The van der Waals surface area contributed by atoms with E-state index >= 15 is 0 Å². The minimum absolute atomic E-state index is 0.0976. The molecule has 0 saturated heterocycles. The summed E-state index contributed by atoms with van der Waals surface area (Å²) in [7, 11) is 0. The molecule has 0 aliphatic heterocycles. The van der Waals surface area contributed by atoms with Gasteiger partial charge in [-0.15, -0.1) is 0 Å². The fraction of sp³-hybridized carbons (Fsp3) is 0.0952. The number of hydrogen-bond acceptors (Lipinski definition) is 4. The van der Waals surface area contributed by atoms with Gasteiger partial charge in [-0.25, -0.2) is 0 Å². The number of halogens is 1. The van der Waals surface area contributed by atoms with Crippen LogP contribution in [0.1, 0.15) is 26.5 Å². The molecule has 3 N–H and O–H groups in total. The van der Waals surface area contributed by atoms with Crippen LogP contribution in [0.25, 0.3) is 0 Å². The summed E-state index contributed by atoms with van der Waals surface area (Å²) in [5, 5.41) is 8.00. The van der Waals surface area contributed by atoms with Crippen LogP contribution in [-0.2, 0) is 4.79 Å². The average Bonchev–Trinajstić information content (AvgIpc) is 3.15. The van der Waals surface area contributed by atoms with Crippen LogP contribution in [0.3, 0.4) is 0 Å². The van der Waals surface area contributed by atoms with Gasteiger partial charge in [0, 0.05) is 16.9 Å². The predicted molar refractivity (Wildman–Crippen MR) is 113 cm³/mol.